The Morgan fingerprint density at radius 2 is 2.10 bits per heavy atom. The van der Waals surface area contributed by atoms with Crippen LogP contribution in [0, 0.1) is 5.92 Å². The largest absolute Gasteiger partial charge is 0.329 e. The summed E-state index contributed by atoms with van der Waals surface area (Å²) in [5, 5.41) is 4.86. The lowest BCUT2D eigenvalue weighted by molar-refractivity contribution is 0.0322. The van der Waals surface area contributed by atoms with Gasteiger partial charge >= 0.3 is 0 Å². The highest BCUT2D eigenvalue weighted by molar-refractivity contribution is 5.22. The van der Waals surface area contributed by atoms with Crippen LogP contribution in [0.1, 0.15) is 61.7 Å². The summed E-state index contributed by atoms with van der Waals surface area (Å²) in [6, 6.07) is 3.06. The van der Waals surface area contributed by atoms with Crippen molar-refractivity contribution in [1.82, 2.24) is 14.7 Å². The van der Waals surface area contributed by atoms with Gasteiger partial charge in [0, 0.05) is 43.7 Å². The van der Waals surface area contributed by atoms with Crippen LogP contribution in [-0.2, 0) is 7.05 Å². The van der Waals surface area contributed by atoms with E-state index in [-0.39, 0.29) is 0 Å². The van der Waals surface area contributed by atoms with Gasteiger partial charge < -0.3 is 5.73 Å². The summed E-state index contributed by atoms with van der Waals surface area (Å²) >= 11 is 0. The monoisotopic (exact) mass is 288 g/mol. The molecule has 4 atom stereocenters. The van der Waals surface area contributed by atoms with Gasteiger partial charge in [0.25, 0.3) is 0 Å². The predicted octanol–water partition coefficient (Wildman–Crippen LogP) is 2.21. The minimum atomic E-state index is 0.627. The SMILES string of the molecule is Cn1nc(C2CCCC2)cc1[C@@H]1CN2CC[C@H]1C[C@@H]2CN. The first-order valence-corrected chi connectivity index (χ1v) is 8.74. The maximum Gasteiger partial charge on any atom is 0.0658 e. The second-order valence-corrected chi connectivity index (χ2v) is 7.37. The topological polar surface area (TPSA) is 47.1 Å². The number of nitrogens with two attached hydrogens (primary N) is 1. The molecule has 2 bridgehead atoms. The standard InChI is InChI=1S/C17H28N4/c1-20-17(9-16(19-20)12-4-2-3-5-12)15-11-21-7-6-13(15)8-14(21)10-18/h9,12-15H,2-8,10-11,18H2,1H3/t13-,14+,15+/m0/s1. The Kier molecular flexibility index (Phi) is 3.54. The van der Waals surface area contributed by atoms with Crippen molar-refractivity contribution in [3.05, 3.63) is 17.5 Å². The van der Waals surface area contributed by atoms with Crippen LogP contribution in [0.15, 0.2) is 6.07 Å². The number of rotatable bonds is 3. The molecule has 1 aromatic rings. The predicted molar refractivity (Wildman–Crippen MR) is 84.3 cm³/mol. The van der Waals surface area contributed by atoms with Crippen molar-refractivity contribution >= 4 is 0 Å². The lowest BCUT2D eigenvalue weighted by Crippen LogP contribution is -2.55. The molecule has 4 heterocycles. The van der Waals surface area contributed by atoms with Gasteiger partial charge in [-0.25, -0.2) is 0 Å². The summed E-state index contributed by atoms with van der Waals surface area (Å²) in [7, 11) is 2.14. The molecule has 0 amide bonds. The third-order valence-electron chi connectivity index (χ3n) is 6.24. The summed E-state index contributed by atoms with van der Waals surface area (Å²) < 4.78 is 2.18. The quantitative estimate of drug-likeness (QED) is 0.927. The van der Waals surface area contributed by atoms with Crippen molar-refractivity contribution in [2.45, 2.75) is 56.4 Å². The minimum Gasteiger partial charge on any atom is -0.329 e. The first-order chi connectivity index (χ1) is 10.3. The number of nitrogens with zero attached hydrogens (tertiary/aromatic N) is 3. The van der Waals surface area contributed by atoms with Crippen molar-refractivity contribution in [1.29, 1.82) is 0 Å². The van der Waals surface area contributed by atoms with E-state index < -0.39 is 0 Å². The van der Waals surface area contributed by atoms with Crippen molar-refractivity contribution in [3.8, 4) is 0 Å². The van der Waals surface area contributed by atoms with Crippen LogP contribution in [0.3, 0.4) is 0 Å². The van der Waals surface area contributed by atoms with E-state index in [1.807, 2.05) is 0 Å². The Morgan fingerprint density at radius 3 is 2.76 bits per heavy atom. The second-order valence-electron chi connectivity index (χ2n) is 7.37. The van der Waals surface area contributed by atoms with E-state index in [1.165, 1.54) is 63.0 Å². The minimum absolute atomic E-state index is 0.627. The maximum absolute atomic E-state index is 5.93. The number of hydrogen-bond donors (Lipinski definition) is 1. The molecule has 21 heavy (non-hydrogen) atoms. The van der Waals surface area contributed by atoms with Gasteiger partial charge in [-0.2, -0.15) is 5.10 Å². The van der Waals surface area contributed by atoms with Crippen LogP contribution in [-0.4, -0.2) is 40.4 Å². The Hall–Kier alpha value is -0.870. The van der Waals surface area contributed by atoms with E-state index in [9.17, 15) is 0 Å². The number of fused-ring (bicyclic) bond motifs is 3. The van der Waals surface area contributed by atoms with Crippen LogP contribution < -0.4 is 5.73 Å². The van der Waals surface area contributed by atoms with E-state index in [1.54, 1.807) is 0 Å². The number of aryl methyl sites for hydroxylation is 1. The number of piperidine rings is 3. The zero-order valence-corrected chi connectivity index (χ0v) is 13.2. The van der Waals surface area contributed by atoms with Crippen molar-refractivity contribution in [2.75, 3.05) is 19.6 Å². The van der Waals surface area contributed by atoms with Gasteiger partial charge in [0.05, 0.1) is 5.69 Å². The molecule has 4 heteroatoms. The molecule has 4 nitrogen and oxygen atoms in total. The van der Waals surface area contributed by atoms with Crippen molar-refractivity contribution in [3.63, 3.8) is 0 Å². The Bertz CT molecular complexity index is 503. The van der Waals surface area contributed by atoms with Gasteiger partial charge in [0.2, 0.25) is 0 Å². The van der Waals surface area contributed by atoms with Crippen LogP contribution >= 0.6 is 0 Å². The summed E-state index contributed by atoms with van der Waals surface area (Å²) in [4.78, 5) is 2.62. The molecule has 3 saturated heterocycles. The Labute approximate surface area is 127 Å². The maximum atomic E-state index is 5.93. The van der Waals surface area contributed by atoms with E-state index >= 15 is 0 Å². The van der Waals surface area contributed by atoms with Crippen molar-refractivity contribution < 1.29 is 0 Å². The lowest BCUT2D eigenvalue weighted by atomic mass is 9.74. The molecule has 4 fully saturated rings. The second kappa shape index (κ2) is 5.40. The third-order valence-corrected chi connectivity index (χ3v) is 6.24. The van der Waals surface area contributed by atoms with Gasteiger partial charge in [-0.3, -0.25) is 9.58 Å². The van der Waals surface area contributed by atoms with Gasteiger partial charge in [0.15, 0.2) is 0 Å². The zero-order chi connectivity index (χ0) is 14.4. The first-order valence-electron chi connectivity index (χ1n) is 8.74. The molecule has 1 saturated carbocycles. The first kappa shape index (κ1) is 13.8. The van der Waals surface area contributed by atoms with Gasteiger partial charge in [-0.15, -0.1) is 0 Å². The summed E-state index contributed by atoms with van der Waals surface area (Å²) in [6.45, 7) is 3.26. The average Bonchev–Trinajstić information content (AvgIpc) is 3.16. The van der Waals surface area contributed by atoms with Crippen LogP contribution in [0.2, 0.25) is 0 Å². The fourth-order valence-corrected chi connectivity index (χ4v) is 4.99. The van der Waals surface area contributed by atoms with Gasteiger partial charge in [-0.05, 0) is 44.2 Å². The molecule has 1 aliphatic carbocycles. The van der Waals surface area contributed by atoms with E-state index in [0.717, 1.165) is 18.4 Å². The third kappa shape index (κ3) is 2.33. The van der Waals surface area contributed by atoms with E-state index in [0.29, 0.717) is 12.0 Å². The van der Waals surface area contributed by atoms with Gasteiger partial charge in [-0.1, -0.05) is 12.8 Å². The molecule has 2 N–H and O–H groups in total. The molecule has 0 radical (unpaired) electrons. The van der Waals surface area contributed by atoms with E-state index in [4.69, 9.17) is 10.8 Å². The normalized spacial score (nSPS) is 36.5. The number of hydrogen-bond acceptors (Lipinski definition) is 3. The highest BCUT2D eigenvalue weighted by atomic mass is 15.3. The highest BCUT2D eigenvalue weighted by Crippen LogP contribution is 2.42. The fourth-order valence-electron chi connectivity index (χ4n) is 4.99. The highest BCUT2D eigenvalue weighted by Gasteiger charge is 2.41. The van der Waals surface area contributed by atoms with E-state index in [2.05, 4.69) is 22.7 Å². The summed E-state index contributed by atoms with van der Waals surface area (Å²) in [6.07, 6.45) is 8.07. The molecular weight excluding hydrogens is 260 g/mol. The number of aromatic nitrogens is 2. The molecule has 3 aliphatic heterocycles. The van der Waals surface area contributed by atoms with Crippen LogP contribution in [0.5, 0.6) is 0 Å². The average molecular weight is 288 g/mol. The summed E-state index contributed by atoms with van der Waals surface area (Å²) in [5.74, 6) is 2.22. The Balaban J connectivity index is 1.57. The molecule has 0 spiro atoms. The molecular formula is C17H28N4. The molecule has 1 unspecified atom stereocenters. The van der Waals surface area contributed by atoms with Crippen molar-refractivity contribution in [2.24, 2.45) is 18.7 Å². The lowest BCUT2D eigenvalue weighted by Gasteiger charge is -2.49. The smallest absolute Gasteiger partial charge is 0.0658 e. The molecule has 1 aromatic heterocycles. The molecule has 5 rings (SSSR count). The fraction of sp³-hybridized carbons (Fsp3) is 0.824. The van der Waals surface area contributed by atoms with Crippen LogP contribution in [0.25, 0.3) is 0 Å². The van der Waals surface area contributed by atoms with Gasteiger partial charge in [0.1, 0.15) is 0 Å². The van der Waals surface area contributed by atoms with Crippen LogP contribution in [0.4, 0.5) is 0 Å². The molecule has 116 valence electrons. The molecule has 4 aliphatic rings. The summed E-state index contributed by atoms with van der Waals surface area (Å²) in [5.41, 5.74) is 8.76. The molecule has 0 aromatic carbocycles. The Morgan fingerprint density at radius 1 is 1.29 bits per heavy atom. The zero-order valence-electron chi connectivity index (χ0n) is 13.2.